The zero-order chi connectivity index (χ0) is 18.2. The van der Waals surface area contributed by atoms with Crippen LogP contribution in [0, 0.1) is 5.92 Å². The summed E-state index contributed by atoms with van der Waals surface area (Å²) in [6.45, 7) is 8.11. The molecule has 6 heteroatoms. The van der Waals surface area contributed by atoms with Crippen LogP contribution in [-0.4, -0.2) is 42.4 Å². The van der Waals surface area contributed by atoms with Crippen LogP contribution in [0.15, 0.2) is 22.8 Å². The van der Waals surface area contributed by atoms with Gasteiger partial charge in [-0.1, -0.05) is 26.7 Å². The molecule has 0 spiro atoms. The van der Waals surface area contributed by atoms with E-state index in [1.165, 1.54) is 0 Å². The summed E-state index contributed by atoms with van der Waals surface area (Å²) in [5, 5.41) is 5.81. The van der Waals surface area contributed by atoms with Crippen LogP contribution in [0.3, 0.4) is 0 Å². The van der Waals surface area contributed by atoms with Crippen molar-refractivity contribution in [2.75, 3.05) is 19.6 Å². The highest BCUT2D eigenvalue weighted by Crippen LogP contribution is 2.24. The van der Waals surface area contributed by atoms with Gasteiger partial charge in [-0.25, -0.2) is 0 Å². The van der Waals surface area contributed by atoms with E-state index in [0.29, 0.717) is 6.54 Å². The zero-order valence-corrected chi connectivity index (χ0v) is 15.6. The Hall–Kier alpha value is -1.82. The first kappa shape index (κ1) is 19.5. The quantitative estimate of drug-likeness (QED) is 0.718. The predicted molar refractivity (Wildman–Crippen MR) is 96.9 cm³/mol. The van der Waals surface area contributed by atoms with Crippen molar-refractivity contribution in [1.82, 2.24) is 15.5 Å². The van der Waals surface area contributed by atoms with Gasteiger partial charge in [0, 0.05) is 12.5 Å². The molecule has 0 unspecified atom stereocenters. The lowest BCUT2D eigenvalue weighted by molar-refractivity contribution is -0.130. The first-order chi connectivity index (χ1) is 12.1. The smallest absolute Gasteiger partial charge is 0.242 e. The number of likely N-dealkylation sites (N-methyl/N-ethyl adjacent to an activating group) is 1. The number of furan rings is 1. The van der Waals surface area contributed by atoms with Gasteiger partial charge < -0.3 is 15.1 Å². The van der Waals surface area contributed by atoms with E-state index in [4.69, 9.17) is 4.42 Å². The maximum Gasteiger partial charge on any atom is 0.242 e. The maximum atomic E-state index is 12.4. The molecule has 25 heavy (non-hydrogen) atoms. The predicted octanol–water partition coefficient (Wildman–Crippen LogP) is 2.47. The minimum Gasteiger partial charge on any atom is -0.468 e. The Morgan fingerprint density at radius 2 is 1.96 bits per heavy atom. The molecular formula is C19H31N3O3. The van der Waals surface area contributed by atoms with Crippen molar-refractivity contribution in [2.45, 2.75) is 58.5 Å². The number of rotatable bonds is 9. The minimum atomic E-state index is -0.526. The average molecular weight is 349 g/mol. The molecule has 1 saturated carbocycles. The maximum absolute atomic E-state index is 12.4. The molecule has 2 N–H and O–H groups in total. The molecule has 2 rings (SSSR count). The fourth-order valence-corrected chi connectivity index (χ4v) is 3.49. The van der Waals surface area contributed by atoms with Crippen LogP contribution in [0.5, 0.6) is 0 Å². The monoisotopic (exact) mass is 349 g/mol. The molecule has 6 nitrogen and oxygen atoms in total. The van der Waals surface area contributed by atoms with E-state index in [9.17, 15) is 9.59 Å². The van der Waals surface area contributed by atoms with Gasteiger partial charge in [-0.05, 0) is 45.0 Å². The standard InChI is InChI=1S/C19H31N3O3/c1-4-22(5-2)16(17-11-8-12-25-17)13-20-18(23)14(3)21-19(24)15-9-6-7-10-15/h8,11-12,14-16H,4-7,9-10,13H2,1-3H3,(H,20,23)(H,21,24)/t14-,16+/m1/s1. The summed E-state index contributed by atoms with van der Waals surface area (Å²) in [5.41, 5.74) is 0. The molecule has 1 aromatic rings. The molecule has 1 heterocycles. The summed E-state index contributed by atoms with van der Waals surface area (Å²) in [7, 11) is 0. The molecule has 0 saturated heterocycles. The molecule has 1 fully saturated rings. The van der Waals surface area contributed by atoms with Crippen molar-refractivity contribution in [3.8, 4) is 0 Å². The van der Waals surface area contributed by atoms with Crippen molar-refractivity contribution in [3.63, 3.8) is 0 Å². The molecule has 2 amide bonds. The normalized spacial score (nSPS) is 17.4. The number of carbonyl (C=O) groups is 2. The molecule has 0 radical (unpaired) electrons. The highest BCUT2D eigenvalue weighted by atomic mass is 16.3. The Bertz CT molecular complexity index is 534. The second-order valence-electron chi connectivity index (χ2n) is 6.71. The lowest BCUT2D eigenvalue weighted by Crippen LogP contribution is -2.48. The Balaban J connectivity index is 1.88. The van der Waals surface area contributed by atoms with Gasteiger partial charge in [0.1, 0.15) is 11.8 Å². The lowest BCUT2D eigenvalue weighted by Gasteiger charge is -2.28. The second-order valence-corrected chi connectivity index (χ2v) is 6.71. The Labute approximate surface area is 150 Å². The average Bonchev–Trinajstić information content (AvgIpc) is 3.31. The van der Waals surface area contributed by atoms with Crippen molar-refractivity contribution >= 4 is 11.8 Å². The first-order valence-electron chi connectivity index (χ1n) is 9.42. The van der Waals surface area contributed by atoms with Gasteiger partial charge in [0.25, 0.3) is 0 Å². The van der Waals surface area contributed by atoms with Crippen molar-refractivity contribution in [3.05, 3.63) is 24.2 Å². The topological polar surface area (TPSA) is 74.6 Å². The van der Waals surface area contributed by atoms with Gasteiger partial charge in [-0.3, -0.25) is 14.5 Å². The van der Waals surface area contributed by atoms with Crippen LogP contribution in [0.25, 0.3) is 0 Å². The molecule has 0 bridgehead atoms. The third kappa shape index (κ3) is 5.33. The largest absolute Gasteiger partial charge is 0.468 e. The molecule has 0 aromatic carbocycles. The number of hydrogen-bond acceptors (Lipinski definition) is 4. The summed E-state index contributed by atoms with van der Waals surface area (Å²) in [6, 6.07) is 3.26. The highest BCUT2D eigenvalue weighted by Gasteiger charge is 2.26. The number of carbonyl (C=O) groups excluding carboxylic acids is 2. The van der Waals surface area contributed by atoms with Gasteiger partial charge in [0.15, 0.2) is 0 Å². The molecule has 0 aliphatic heterocycles. The van der Waals surface area contributed by atoms with Crippen LogP contribution in [0.1, 0.15) is 58.3 Å². The molecule has 1 aromatic heterocycles. The number of nitrogens with zero attached hydrogens (tertiary/aromatic N) is 1. The number of amides is 2. The number of hydrogen-bond donors (Lipinski definition) is 2. The Morgan fingerprint density at radius 3 is 2.52 bits per heavy atom. The van der Waals surface area contributed by atoms with E-state index < -0.39 is 6.04 Å². The summed E-state index contributed by atoms with van der Waals surface area (Å²) in [4.78, 5) is 26.8. The van der Waals surface area contributed by atoms with Crippen molar-refractivity contribution in [1.29, 1.82) is 0 Å². The van der Waals surface area contributed by atoms with E-state index in [-0.39, 0.29) is 23.8 Å². The molecule has 1 aliphatic rings. The Morgan fingerprint density at radius 1 is 1.28 bits per heavy atom. The highest BCUT2D eigenvalue weighted by molar-refractivity contribution is 5.88. The van der Waals surface area contributed by atoms with Crippen LogP contribution in [0.2, 0.25) is 0 Å². The van der Waals surface area contributed by atoms with Crippen LogP contribution in [-0.2, 0) is 9.59 Å². The van der Waals surface area contributed by atoms with E-state index in [1.54, 1.807) is 13.2 Å². The van der Waals surface area contributed by atoms with Crippen LogP contribution < -0.4 is 10.6 Å². The van der Waals surface area contributed by atoms with Gasteiger partial charge in [-0.2, -0.15) is 0 Å². The lowest BCUT2D eigenvalue weighted by atomic mass is 10.1. The number of nitrogens with one attached hydrogen (secondary N) is 2. The van der Waals surface area contributed by atoms with Gasteiger partial charge in [0.2, 0.25) is 11.8 Å². The second kappa shape index (κ2) is 9.61. The fraction of sp³-hybridized carbons (Fsp3) is 0.684. The molecular weight excluding hydrogens is 318 g/mol. The Kier molecular flexibility index (Phi) is 7.50. The van der Waals surface area contributed by atoms with E-state index in [0.717, 1.165) is 44.5 Å². The summed E-state index contributed by atoms with van der Waals surface area (Å²) in [6.07, 6.45) is 5.73. The molecule has 140 valence electrons. The summed E-state index contributed by atoms with van der Waals surface area (Å²) in [5.74, 6) is 0.759. The third-order valence-electron chi connectivity index (χ3n) is 5.07. The van der Waals surface area contributed by atoms with Crippen molar-refractivity contribution in [2.24, 2.45) is 5.92 Å². The van der Waals surface area contributed by atoms with E-state index >= 15 is 0 Å². The zero-order valence-electron chi connectivity index (χ0n) is 15.6. The fourth-order valence-electron chi connectivity index (χ4n) is 3.49. The third-order valence-corrected chi connectivity index (χ3v) is 5.07. The summed E-state index contributed by atoms with van der Waals surface area (Å²) < 4.78 is 5.54. The van der Waals surface area contributed by atoms with Crippen LogP contribution in [0.4, 0.5) is 0 Å². The minimum absolute atomic E-state index is 0.00600. The van der Waals surface area contributed by atoms with E-state index in [2.05, 4.69) is 29.4 Å². The van der Waals surface area contributed by atoms with E-state index in [1.807, 2.05) is 12.1 Å². The van der Waals surface area contributed by atoms with Crippen LogP contribution >= 0.6 is 0 Å². The van der Waals surface area contributed by atoms with Gasteiger partial charge >= 0.3 is 0 Å². The molecule has 2 atom stereocenters. The first-order valence-corrected chi connectivity index (χ1v) is 9.42. The van der Waals surface area contributed by atoms with Crippen molar-refractivity contribution < 1.29 is 14.0 Å². The van der Waals surface area contributed by atoms with Gasteiger partial charge in [-0.15, -0.1) is 0 Å². The summed E-state index contributed by atoms with van der Waals surface area (Å²) >= 11 is 0. The SMILES string of the molecule is CCN(CC)[C@@H](CNC(=O)[C@@H](C)NC(=O)C1CCCC1)c1ccco1. The molecule has 1 aliphatic carbocycles. The van der Waals surface area contributed by atoms with Gasteiger partial charge in [0.05, 0.1) is 12.3 Å².